The van der Waals surface area contributed by atoms with E-state index in [1.165, 1.54) is 24.6 Å². The number of rotatable bonds is 5. The molecule has 5 rings (SSSR count). The summed E-state index contributed by atoms with van der Waals surface area (Å²) >= 11 is 1.70. The van der Waals surface area contributed by atoms with Crippen LogP contribution in [0.2, 0.25) is 0 Å². The highest BCUT2D eigenvalue weighted by Gasteiger charge is 2.38. The first kappa shape index (κ1) is 22.6. The number of benzene rings is 1. The molecule has 3 aliphatic rings. The van der Waals surface area contributed by atoms with E-state index in [-0.39, 0.29) is 23.1 Å². The van der Waals surface area contributed by atoms with Crippen molar-refractivity contribution in [1.82, 2.24) is 14.2 Å². The van der Waals surface area contributed by atoms with E-state index in [1.807, 2.05) is 18.3 Å². The van der Waals surface area contributed by atoms with E-state index in [0.717, 1.165) is 50.3 Å². The van der Waals surface area contributed by atoms with E-state index in [0.29, 0.717) is 31.1 Å². The zero-order chi connectivity index (χ0) is 22.8. The number of nitrogens with zero attached hydrogens (tertiary/aromatic N) is 4. The summed E-state index contributed by atoms with van der Waals surface area (Å²) in [5.74, 6) is -0.0914. The number of amides is 1. The third-order valence-corrected chi connectivity index (χ3v) is 7.99. The molecule has 33 heavy (non-hydrogen) atoms. The summed E-state index contributed by atoms with van der Waals surface area (Å²) in [5.41, 5.74) is 0.690. The Labute approximate surface area is 197 Å². The minimum atomic E-state index is -0.383. The maximum atomic E-state index is 14.1. The number of pyridine rings is 1. The topological polar surface area (TPSA) is 48.9 Å². The Hall–Kier alpha value is -2.23. The second-order valence-electron chi connectivity index (χ2n) is 9.19. The van der Waals surface area contributed by atoms with Crippen molar-refractivity contribution in [2.24, 2.45) is 5.41 Å². The lowest BCUT2D eigenvalue weighted by molar-refractivity contribution is 0.0406. The number of halogens is 2. The molecule has 1 aromatic carbocycles. The fraction of sp³-hybridized carbons (Fsp3) is 0.500. The van der Waals surface area contributed by atoms with E-state index >= 15 is 0 Å². The van der Waals surface area contributed by atoms with Gasteiger partial charge in [-0.1, -0.05) is 0 Å². The van der Waals surface area contributed by atoms with Gasteiger partial charge in [0.15, 0.2) is 0 Å². The average molecular weight is 475 g/mol. The first-order valence-electron chi connectivity index (χ1n) is 11.5. The lowest BCUT2D eigenvalue weighted by Gasteiger charge is -2.47. The molecule has 176 valence electrons. The second-order valence-corrected chi connectivity index (χ2v) is 10.4. The van der Waals surface area contributed by atoms with Crippen LogP contribution in [0.3, 0.4) is 0 Å². The Morgan fingerprint density at radius 1 is 1.06 bits per heavy atom. The molecule has 2 aromatic rings. The molecule has 0 atom stereocenters. The van der Waals surface area contributed by atoms with Crippen LogP contribution in [0.1, 0.15) is 31.2 Å². The van der Waals surface area contributed by atoms with E-state index in [9.17, 15) is 13.6 Å². The number of carbonyl (C=O) groups excluding carboxylic acids is 1. The van der Waals surface area contributed by atoms with Gasteiger partial charge in [0.05, 0.1) is 6.54 Å². The van der Waals surface area contributed by atoms with Crippen molar-refractivity contribution in [3.05, 3.63) is 53.7 Å². The van der Waals surface area contributed by atoms with Gasteiger partial charge in [0.1, 0.15) is 24.1 Å². The maximum Gasteiger partial charge on any atom is 0.415 e. The van der Waals surface area contributed by atoms with Gasteiger partial charge in [-0.15, -0.1) is 0 Å². The average Bonchev–Trinajstić information content (AvgIpc) is 3.25. The monoisotopic (exact) mass is 474 g/mol. The minimum absolute atomic E-state index is 0.247. The molecule has 1 aromatic heterocycles. The van der Waals surface area contributed by atoms with Gasteiger partial charge in [0.2, 0.25) is 0 Å². The van der Waals surface area contributed by atoms with Crippen molar-refractivity contribution in [2.45, 2.75) is 37.1 Å². The lowest BCUT2D eigenvalue weighted by atomic mass is 9.73. The van der Waals surface area contributed by atoms with Crippen molar-refractivity contribution in [3.63, 3.8) is 0 Å². The van der Waals surface area contributed by atoms with Crippen LogP contribution in [0.5, 0.6) is 0 Å². The van der Waals surface area contributed by atoms with Crippen molar-refractivity contribution in [2.75, 3.05) is 44.2 Å². The Kier molecular flexibility index (Phi) is 6.53. The summed E-state index contributed by atoms with van der Waals surface area (Å²) in [6.07, 6.45) is 5.93. The molecule has 0 saturated carbocycles. The summed E-state index contributed by atoms with van der Waals surface area (Å²) in [6, 6.07) is 7.58. The Bertz CT molecular complexity index is 998. The van der Waals surface area contributed by atoms with Crippen LogP contribution in [0, 0.1) is 17.0 Å². The minimum Gasteiger partial charge on any atom is -0.447 e. The van der Waals surface area contributed by atoms with Gasteiger partial charge in [0.25, 0.3) is 0 Å². The molecule has 4 heterocycles. The highest BCUT2D eigenvalue weighted by atomic mass is 32.2. The molecule has 0 bridgehead atoms. The molecule has 9 heteroatoms. The summed E-state index contributed by atoms with van der Waals surface area (Å²) in [7, 11) is 0. The van der Waals surface area contributed by atoms with Gasteiger partial charge < -0.3 is 4.74 Å². The van der Waals surface area contributed by atoms with Crippen LogP contribution in [0.4, 0.5) is 19.4 Å². The molecule has 6 nitrogen and oxygen atoms in total. The van der Waals surface area contributed by atoms with Crippen molar-refractivity contribution in [1.29, 1.82) is 0 Å². The van der Waals surface area contributed by atoms with Gasteiger partial charge in [-0.3, -0.25) is 9.80 Å². The number of likely N-dealkylation sites (tertiary alicyclic amines) is 1. The molecule has 1 spiro atoms. The molecule has 0 aliphatic carbocycles. The zero-order valence-electron chi connectivity index (χ0n) is 18.5. The normalized spacial score (nSPS) is 21.5. The maximum absolute atomic E-state index is 14.1. The number of piperidine rings is 2. The summed E-state index contributed by atoms with van der Waals surface area (Å²) in [5, 5.41) is 0. The largest absolute Gasteiger partial charge is 0.447 e. The number of hydrogen-bond acceptors (Lipinski definition) is 6. The Balaban J connectivity index is 1.15. The quantitative estimate of drug-likeness (QED) is 0.586. The summed E-state index contributed by atoms with van der Waals surface area (Å²) in [6.45, 7) is 5.23. The van der Waals surface area contributed by atoms with Gasteiger partial charge >= 0.3 is 6.09 Å². The molecule has 1 amide bonds. The standard InChI is InChI=1S/C24H28F2N4O2S/c25-19-2-4-21(26)18(14-19)16-28-9-1-6-24(17-28)7-10-29(11-8-24)33-20-3-5-22(27-15-20)30-12-13-32-23(30)31/h2-5,14-15H,1,6-13,16-17H2. The Morgan fingerprint density at radius 3 is 2.64 bits per heavy atom. The van der Waals surface area contributed by atoms with Crippen molar-refractivity contribution in [3.8, 4) is 0 Å². The van der Waals surface area contributed by atoms with Crippen molar-refractivity contribution >= 4 is 23.9 Å². The molecule has 0 N–H and O–H groups in total. The highest BCUT2D eigenvalue weighted by Crippen LogP contribution is 2.42. The Morgan fingerprint density at radius 2 is 1.91 bits per heavy atom. The van der Waals surface area contributed by atoms with E-state index in [1.54, 1.807) is 16.8 Å². The van der Waals surface area contributed by atoms with E-state index < -0.39 is 0 Å². The first-order valence-corrected chi connectivity index (χ1v) is 12.3. The number of aromatic nitrogens is 1. The third kappa shape index (κ3) is 5.15. The van der Waals surface area contributed by atoms with E-state index in [4.69, 9.17) is 4.74 Å². The molecular weight excluding hydrogens is 446 g/mol. The zero-order valence-corrected chi connectivity index (χ0v) is 19.3. The van der Waals surface area contributed by atoms with Crippen LogP contribution in [0.25, 0.3) is 0 Å². The van der Waals surface area contributed by atoms with Crippen molar-refractivity contribution < 1.29 is 18.3 Å². The number of cyclic esters (lactones) is 1. The number of anilines is 1. The summed E-state index contributed by atoms with van der Waals surface area (Å²) in [4.78, 5) is 21.0. The third-order valence-electron chi connectivity index (χ3n) is 6.92. The SMILES string of the molecule is O=C1OCCN1c1ccc(SN2CCC3(CCCN(Cc4cc(F)ccc4F)C3)CC2)cn1. The fourth-order valence-corrected chi connectivity index (χ4v) is 6.04. The van der Waals surface area contributed by atoms with Gasteiger partial charge in [-0.05, 0) is 79.9 Å². The molecule has 0 radical (unpaired) electrons. The van der Waals surface area contributed by atoms with Crippen LogP contribution in [-0.2, 0) is 11.3 Å². The van der Waals surface area contributed by atoms with Gasteiger partial charge in [0, 0.05) is 42.8 Å². The predicted octanol–water partition coefficient (Wildman–Crippen LogP) is 4.70. The molecular formula is C24H28F2N4O2S. The van der Waals surface area contributed by atoms with Gasteiger partial charge in [-0.25, -0.2) is 22.9 Å². The van der Waals surface area contributed by atoms with E-state index in [2.05, 4.69) is 14.2 Å². The van der Waals surface area contributed by atoms with Crippen LogP contribution in [-0.4, -0.2) is 59.6 Å². The van der Waals surface area contributed by atoms with Crippen LogP contribution in [0.15, 0.2) is 41.4 Å². The molecule has 3 saturated heterocycles. The lowest BCUT2D eigenvalue weighted by Crippen LogP contribution is -2.48. The van der Waals surface area contributed by atoms with Crippen LogP contribution < -0.4 is 4.90 Å². The molecule has 0 unspecified atom stereocenters. The number of carbonyl (C=O) groups is 1. The smallest absolute Gasteiger partial charge is 0.415 e. The highest BCUT2D eigenvalue weighted by molar-refractivity contribution is 7.97. The second kappa shape index (κ2) is 9.56. The van der Waals surface area contributed by atoms with Crippen LogP contribution >= 0.6 is 11.9 Å². The van der Waals surface area contributed by atoms with Gasteiger partial charge in [-0.2, -0.15) is 0 Å². The predicted molar refractivity (Wildman–Crippen MR) is 123 cm³/mol. The number of ether oxygens (including phenoxy) is 1. The fourth-order valence-electron chi connectivity index (χ4n) is 5.15. The molecule has 3 aliphatic heterocycles. The first-order chi connectivity index (χ1) is 16.0. The number of hydrogen-bond donors (Lipinski definition) is 0. The molecule has 3 fully saturated rings. The summed E-state index contributed by atoms with van der Waals surface area (Å²) < 4.78 is 35.0.